The number of benzene rings is 3. The van der Waals surface area contributed by atoms with Crippen LogP contribution in [-0.2, 0) is 27.9 Å². The molecule has 0 saturated carbocycles. The molecule has 0 bridgehead atoms. The van der Waals surface area contributed by atoms with Crippen LogP contribution in [0.1, 0.15) is 41.5 Å². The van der Waals surface area contributed by atoms with Crippen molar-refractivity contribution in [3.63, 3.8) is 0 Å². The van der Waals surface area contributed by atoms with Crippen LogP contribution < -0.4 is 9.62 Å². The monoisotopic (exact) mass is 505 g/mol. The van der Waals surface area contributed by atoms with Crippen molar-refractivity contribution in [1.82, 2.24) is 10.2 Å². The van der Waals surface area contributed by atoms with Crippen LogP contribution in [0.3, 0.4) is 0 Å². The summed E-state index contributed by atoms with van der Waals surface area (Å²) >= 11 is 0. The minimum absolute atomic E-state index is 0.158. The molecule has 190 valence electrons. The highest BCUT2D eigenvalue weighted by Crippen LogP contribution is 2.28. The SMILES string of the molecule is Cc1ccc(C)c(N(CC(=O)NCc2ccccc2CN2CCCCC2)S(=O)(=O)c2ccccc2)c1. The second kappa shape index (κ2) is 11.7. The molecule has 1 amide bonds. The van der Waals surface area contributed by atoms with Crippen LogP contribution in [0.4, 0.5) is 5.69 Å². The molecule has 0 spiro atoms. The van der Waals surface area contributed by atoms with Gasteiger partial charge in [0.05, 0.1) is 10.6 Å². The van der Waals surface area contributed by atoms with Crippen LogP contribution in [0.25, 0.3) is 0 Å². The van der Waals surface area contributed by atoms with E-state index in [0.717, 1.165) is 36.3 Å². The maximum atomic E-state index is 13.6. The molecular weight excluding hydrogens is 470 g/mol. The second-order valence-electron chi connectivity index (χ2n) is 9.50. The number of hydrogen-bond donors (Lipinski definition) is 1. The zero-order valence-corrected chi connectivity index (χ0v) is 21.9. The van der Waals surface area contributed by atoms with Crippen molar-refractivity contribution in [1.29, 1.82) is 0 Å². The Hall–Kier alpha value is -3.16. The molecule has 1 aliphatic heterocycles. The summed E-state index contributed by atoms with van der Waals surface area (Å²) in [5, 5.41) is 2.97. The van der Waals surface area contributed by atoms with Crippen molar-refractivity contribution in [2.24, 2.45) is 0 Å². The van der Waals surface area contributed by atoms with E-state index >= 15 is 0 Å². The average Bonchev–Trinajstić information content (AvgIpc) is 2.89. The van der Waals surface area contributed by atoms with Crippen molar-refractivity contribution in [3.05, 3.63) is 95.1 Å². The van der Waals surface area contributed by atoms with Gasteiger partial charge in [0.15, 0.2) is 0 Å². The molecule has 36 heavy (non-hydrogen) atoms. The van der Waals surface area contributed by atoms with Gasteiger partial charge in [0.2, 0.25) is 5.91 Å². The summed E-state index contributed by atoms with van der Waals surface area (Å²) in [5.74, 6) is -0.344. The van der Waals surface area contributed by atoms with Gasteiger partial charge >= 0.3 is 0 Å². The quantitative estimate of drug-likeness (QED) is 0.454. The normalized spacial score (nSPS) is 14.4. The van der Waals surface area contributed by atoms with Gasteiger partial charge in [-0.25, -0.2) is 8.42 Å². The number of likely N-dealkylation sites (tertiary alicyclic amines) is 1. The van der Waals surface area contributed by atoms with Crippen LogP contribution in [-0.4, -0.2) is 38.9 Å². The maximum absolute atomic E-state index is 13.6. The Kier molecular flexibility index (Phi) is 8.44. The summed E-state index contributed by atoms with van der Waals surface area (Å²) in [6.07, 6.45) is 3.74. The van der Waals surface area contributed by atoms with Gasteiger partial charge in [-0.3, -0.25) is 14.0 Å². The average molecular weight is 506 g/mol. The molecule has 0 aromatic heterocycles. The fourth-order valence-electron chi connectivity index (χ4n) is 4.63. The predicted octanol–water partition coefficient (Wildman–Crippen LogP) is 4.80. The van der Waals surface area contributed by atoms with E-state index in [2.05, 4.69) is 16.3 Å². The molecule has 0 unspecified atom stereocenters. The van der Waals surface area contributed by atoms with Gasteiger partial charge in [-0.15, -0.1) is 0 Å². The van der Waals surface area contributed by atoms with E-state index in [-0.39, 0.29) is 17.3 Å². The Labute approximate surface area is 215 Å². The second-order valence-corrected chi connectivity index (χ2v) is 11.4. The Morgan fingerprint density at radius 1 is 0.889 bits per heavy atom. The number of aryl methyl sites for hydroxylation is 2. The first-order chi connectivity index (χ1) is 17.3. The van der Waals surface area contributed by atoms with Crippen LogP contribution in [0.15, 0.2) is 77.7 Å². The molecule has 1 aliphatic rings. The number of rotatable bonds is 9. The molecule has 1 fully saturated rings. The van der Waals surface area contributed by atoms with Gasteiger partial charge in [-0.05, 0) is 80.2 Å². The van der Waals surface area contributed by atoms with Crippen LogP contribution in [0, 0.1) is 13.8 Å². The van der Waals surface area contributed by atoms with Crippen LogP contribution >= 0.6 is 0 Å². The Balaban J connectivity index is 1.53. The minimum atomic E-state index is -3.93. The summed E-state index contributed by atoms with van der Waals surface area (Å²) in [4.78, 5) is 15.8. The third-order valence-electron chi connectivity index (χ3n) is 6.69. The third kappa shape index (κ3) is 6.33. The number of hydrogen-bond acceptors (Lipinski definition) is 4. The van der Waals surface area contributed by atoms with Gasteiger partial charge in [-0.2, -0.15) is 0 Å². The van der Waals surface area contributed by atoms with E-state index in [1.165, 1.54) is 29.1 Å². The van der Waals surface area contributed by atoms with E-state index in [9.17, 15) is 13.2 Å². The lowest BCUT2D eigenvalue weighted by Gasteiger charge is -2.27. The first kappa shape index (κ1) is 25.9. The molecule has 3 aromatic carbocycles. The van der Waals surface area contributed by atoms with E-state index in [1.54, 1.807) is 30.3 Å². The summed E-state index contributed by atoms with van der Waals surface area (Å²) in [7, 11) is -3.93. The molecule has 0 radical (unpaired) electrons. The van der Waals surface area contributed by atoms with Gasteiger partial charge in [-0.1, -0.05) is 61.0 Å². The predicted molar refractivity (Wildman–Crippen MR) is 144 cm³/mol. The lowest BCUT2D eigenvalue weighted by Crippen LogP contribution is -2.41. The number of piperidine rings is 1. The number of sulfonamides is 1. The van der Waals surface area contributed by atoms with Gasteiger partial charge in [0.1, 0.15) is 6.54 Å². The first-order valence-corrected chi connectivity index (χ1v) is 14.0. The molecule has 1 saturated heterocycles. The Bertz CT molecular complexity index is 1290. The fourth-order valence-corrected chi connectivity index (χ4v) is 6.13. The van der Waals surface area contributed by atoms with Crippen LogP contribution in [0.5, 0.6) is 0 Å². The molecule has 0 atom stereocenters. The Morgan fingerprint density at radius 3 is 2.28 bits per heavy atom. The summed E-state index contributed by atoms with van der Waals surface area (Å²) in [5.41, 5.74) is 4.49. The van der Waals surface area contributed by atoms with E-state index in [0.29, 0.717) is 12.2 Å². The van der Waals surface area contributed by atoms with Gasteiger partial charge in [0.25, 0.3) is 10.0 Å². The maximum Gasteiger partial charge on any atom is 0.264 e. The highest BCUT2D eigenvalue weighted by molar-refractivity contribution is 7.92. The van der Waals surface area contributed by atoms with E-state index in [4.69, 9.17) is 0 Å². The van der Waals surface area contributed by atoms with Crippen molar-refractivity contribution in [3.8, 4) is 0 Å². The van der Waals surface area contributed by atoms with Crippen molar-refractivity contribution in [2.75, 3.05) is 23.9 Å². The van der Waals surface area contributed by atoms with E-state index < -0.39 is 10.0 Å². The topological polar surface area (TPSA) is 69.7 Å². The molecule has 1 heterocycles. The van der Waals surface area contributed by atoms with Gasteiger partial charge in [0, 0.05) is 13.1 Å². The largest absolute Gasteiger partial charge is 0.350 e. The molecule has 1 N–H and O–H groups in total. The van der Waals surface area contributed by atoms with Crippen molar-refractivity contribution >= 4 is 21.6 Å². The van der Waals surface area contributed by atoms with Crippen LogP contribution in [0.2, 0.25) is 0 Å². The summed E-state index contributed by atoms with van der Waals surface area (Å²) in [6.45, 7) is 6.89. The van der Waals surface area contributed by atoms with Crippen molar-refractivity contribution < 1.29 is 13.2 Å². The molecule has 4 rings (SSSR count). The van der Waals surface area contributed by atoms with E-state index in [1.807, 2.05) is 50.2 Å². The van der Waals surface area contributed by atoms with Gasteiger partial charge < -0.3 is 5.32 Å². The number of anilines is 1. The zero-order chi connectivity index (χ0) is 25.5. The molecule has 3 aromatic rings. The standard InChI is InChI=1S/C29H35N3O3S/c1-23-15-16-24(2)28(19-23)32(36(34,35)27-13-5-3-6-14-27)22-29(33)30-20-25-11-7-8-12-26(25)21-31-17-9-4-10-18-31/h3,5-8,11-16,19H,4,9-10,17-18,20-22H2,1-2H3,(H,30,33). The molecule has 6 nitrogen and oxygen atoms in total. The number of nitrogens with one attached hydrogen (secondary N) is 1. The lowest BCUT2D eigenvalue weighted by molar-refractivity contribution is -0.119. The first-order valence-electron chi connectivity index (χ1n) is 12.6. The smallest absolute Gasteiger partial charge is 0.264 e. The number of carbonyl (C=O) groups is 1. The molecular formula is C29H35N3O3S. The molecule has 0 aliphatic carbocycles. The van der Waals surface area contributed by atoms with Crippen molar-refractivity contribution in [2.45, 2.75) is 51.1 Å². The summed E-state index contributed by atoms with van der Waals surface area (Å²) < 4.78 is 28.5. The number of amides is 1. The Morgan fingerprint density at radius 2 is 1.56 bits per heavy atom. The lowest BCUT2D eigenvalue weighted by atomic mass is 10.0. The molecule has 7 heteroatoms. The fraction of sp³-hybridized carbons (Fsp3) is 0.345. The minimum Gasteiger partial charge on any atom is -0.350 e. The number of carbonyl (C=O) groups excluding carboxylic acids is 1. The highest BCUT2D eigenvalue weighted by Gasteiger charge is 2.28. The third-order valence-corrected chi connectivity index (χ3v) is 8.46. The zero-order valence-electron chi connectivity index (χ0n) is 21.1. The summed E-state index contributed by atoms with van der Waals surface area (Å²) in [6, 6.07) is 22.0. The highest BCUT2D eigenvalue weighted by atomic mass is 32.2. The number of nitrogens with zero attached hydrogens (tertiary/aromatic N) is 2.